The molecule has 5 heteroatoms. The molecule has 1 unspecified atom stereocenters. The molecule has 56 heavy (non-hydrogen) atoms. The molecule has 0 saturated carbocycles. The van der Waals surface area contributed by atoms with Crippen LogP contribution in [0.25, 0.3) is 86.7 Å². The third-order valence-corrected chi connectivity index (χ3v) is 13.6. The molecule has 9 aromatic rings. The average molecular weight is 754 g/mol. The quantitative estimate of drug-likeness (QED) is 0.152. The highest BCUT2D eigenvalue weighted by Crippen LogP contribution is 2.51. The van der Waals surface area contributed by atoms with Gasteiger partial charge in [-0.3, -0.25) is 0 Å². The van der Waals surface area contributed by atoms with Crippen molar-refractivity contribution >= 4 is 64.1 Å². The van der Waals surface area contributed by atoms with Gasteiger partial charge in [0.05, 0.1) is 0 Å². The van der Waals surface area contributed by atoms with Crippen LogP contribution in [0.3, 0.4) is 0 Å². The molecule has 3 heterocycles. The van der Waals surface area contributed by atoms with Gasteiger partial charge in [-0.1, -0.05) is 127 Å². The first-order valence-corrected chi connectivity index (χ1v) is 20.8. The van der Waals surface area contributed by atoms with E-state index in [1.165, 1.54) is 74.1 Å². The van der Waals surface area contributed by atoms with Crippen LogP contribution in [-0.2, 0) is 6.42 Å². The number of aromatic nitrogens is 3. The van der Waals surface area contributed by atoms with Crippen molar-refractivity contribution in [3.05, 3.63) is 186 Å². The highest BCUT2D eigenvalue weighted by Gasteiger charge is 2.30. The van der Waals surface area contributed by atoms with Crippen LogP contribution in [0, 0.1) is 0 Å². The number of allylic oxidation sites excluding steroid dienone is 5. The van der Waals surface area contributed by atoms with E-state index in [1.54, 1.807) is 0 Å². The Morgan fingerprint density at radius 2 is 1.34 bits per heavy atom. The zero-order valence-electron chi connectivity index (χ0n) is 30.6. The Bertz CT molecular complexity index is 3090. The van der Waals surface area contributed by atoms with Gasteiger partial charge in [0.2, 0.25) is 0 Å². The van der Waals surface area contributed by atoms with Crippen molar-refractivity contribution in [2.24, 2.45) is 0 Å². The zero-order valence-corrected chi connectivity index (χ0v) is 32.2. The maximum absolute atomic E-state index is 5.25. The summed E-state index contributed by atoms with van der Waals surface area (Å²) in [5.41, 5.74) is 12.3. The van der Waals surface area contributed by atoms with Gasteiger partial charge in [0.1, 0.15) is 0 Å². The molecule has 0 amide bonds. The first-order chi connectivity index (χ1) is 27.7. The predicted molar refractivity (Wildman–Crippen MR) is 238 cm³/mol. The van der Waals surface area contributed by atoms with Crippen molar-refractivity contribution in [2.45, 2.75) is 25.2 Å². The molecule has 266 valence electrons. The fourth-order valence-corrected chi connectivity index (χ4v) is 10.8. The van der Waals surface area contributed by atoms with E-state index in [9.17, 15) is 0 Å². The van der Waals surface area contributed by atoms with Crippen molar-refractivity contribution in [1.82, 2.24) is 15.0 Å². The van der Waals surface area contributed by atoms with Gasteiger partial charge in [-0.25, -0.2) is 15.0 Å². The fourth-order valence-electron chi connectivity index (χ4n) is 8.60. The van der Waals surface area contributed by atoms with E-state index in [2.05, 4.69) is 140 Å². The lowest BCUT2D eigenvalue weighted by atomic mass is 9.71. The number of fused-ring (bicyclic) bond motifs is 10. The van der Waals surface area contributed by atoms with E-state index in [0.717, 1.165) is 36.0 Å². The summed E-state index contributed by atoms with van der Waals surface area (Å²) in [5, 5.41) is 3.66. The molecule has 0 spiro atoms. The molecule has 11 rings (SSSR count). The number of hydrogen-bond donors (Lipinski definition) is 0. The average Bonchev–Trinajstić information content (AvgIpc) is 3.86. The maximum atomic E-state index is 5.25. The Hall–Kier alpha value is -6.27. The van der Waals surface area contributed by atoms with Gasteiger partial charge in [0.15, 0.2) is 17.5 Å². The maximum Gasteiger partial charge on any atom is 0.164 e. The monoisotopic (exact) mass is 753 g/mol. The van der Waals surface area contributed by atoms with E-state index in [-0.39, 0.29) is 0 Å². The Morgan fingerprint density at radius 3 is 2.21 bits per heavy atom. The van der Waals surface area contributed by atoms with E-state index < -0.39 is 0 Å². The van der Waals surface area contributed by atoms with Crippen LogP contribution in [-0.4, -0.2) is 15.0 Å². The molecule has 1 atom stereocenters. The molecule has 3 nitrogen and oxygen atoms in total. The summed E-state index contributed by atoms with van der Waals surface area (Å²) in [4.78, 5) is 16.9. The SMILES string of the molecule is C=CCCc1cc2ccc(-c3nc(-c4ccccc4)nc(-c4cccc5sc6ccc(C7=CCC8C(=C7)c7ccccc7-c7ccccc78)cc6c45)n3)cc2s1. The molecule has 3 aromatic heterocycles. The van der Waals surface area contributed by atoms with Gasteiger partial charge in [-0.05, 0) is 93.9 Å². The van der Waals surface area contributed by atoms with Gasteiger partial charge in [0, 0.05) is 52.4 Å². The van der Waals surface area contributed by atoms with Gasteiger partial charge < -0.3 is 0 Å². The molecular weight excluding hydrogens is 719 g/mol. The highest BCUT2D eigenvalue weighted by molar-refractivity contribution is 7.26. The number of thiophene rings is 2. The normalized spacial score (nSPS) is 14.6. The molecule has 6 aromatic carbocycles. The molecule has 0 bridgehead atoms. The van der Waals surface area contributed by atoms with Crippen molar-refractivity contribution in [1.29, 1.82) is 0 Å². The van der Waals surface area contributed by atoms with Gasteiger partial charge in [0.25, 0.3) is 0 Å². The van der Waals surface area contributed by atoms with E-state index >= 15 is 0 Å². The lowest BCUT2D eigenvalue weighted by molar-refractivity contribution is 0.871. The first-order valence-electron chi connectivity index (χ1n) is 19.2. The second kappa shape index (κ2) is 13.5. The predicted octanol–water partition coefficient (Wildman–Crippen LogP) is 14.2. The standard InChI is InChI=1S/C51H35N3S2/c1-2-3-14-36-27-34-21-22-35(30-47(34)55-36)50-52-49(31-12-5-4-6-13-31)53-51(54-50)42-19-11-20-46-48(42)44-29-33(24-26-45(44)56-46)32-23-25-41-39-17-8-7-15-37(39)38-16-9-10-18-40(38)43(41)28-32/h2,4-13,15-24,26-30,41H,1,3,14,25H2. The fraction of sp³-hybridized carbons (Fsp3) is 0.0784. The molecule has 2 aliphatic rings. The third kappa shape index (κ3) is 5.58. The molecule has 0 saturated heterocycles. The van der Waals surface area contributed by atoms with E-state index in [1.807, 2.05) is 46.9 Å². The summed E-state index contributed by atoms with van der Waals surface area (Å²) < 4.78 is 3.71. The molecule has 0 aliphatic heterocycles. The summed E-state index contributed by atoms with van der Waals surface area (Å²) >= 11 is 3.66. The second-order valence-corrected chi connectivity index (χ2v) is 16.9. The van der Waals surface area contributed by atoms with Gasteiger partial charge >= 0.3 is 0 Å². The molecule has 0 radical (unpaired) electrons. The van der Waals surface area contributed by atoms with E-state index in [0.29, 0.717) is 23.4 Å². The summed E-state index contributed by atoms with van der Waals surface area (Å²) in [6, 6.07) is 50.5. The lowest BCUT2D eigenvalue weighted by Gasteiger charge is -2.32. The number of benzene rings is 6. The van der Waals surface area contributed by atoms with Crippen molar-refractivity contribution < 1.29 is 0 Å². The third-order valence-electron chi connectivity index (χ3n) is 11.3. The lowest BCUT2D eigenvalue weighted by Crippen LogP contribution is -2.12. The number of rotatable bonds is 7. The summed E-state index contributed by atoms with van der Waals surface area (Å²) in [7, 11) is 0. The summed E-state index contributed by atoms with van der Waals surface area (Å²) in [6.07, 6.45) is 9.82. The van der Waals surface area contributed by atoms with Crippen LogP contribution in [0.4, 0.5) is 0 Å². The zero-order chi connectivity index (χ0) is 37.2. The van der Waals surface area contributed by atoms with Crippen LogP contribution in [0.2, 0.25) is 0 Å². The molecular formula is C51H35N3S2. The van der Waals surface area contributed by atoms with Crippen molar-refractivity contribution in [2.75, 3.05) is 0 Å². The Balaban J connectivity index is 1.04. The summed E-state index contributed by atoms with van der Waals surface area (Å²) in [5.74, 6) is 2.39. The van der Waals surface area contributed by atoms with Gasteiger partial charge in [-0.2, -0.15) is 0 Å². The van der Waals surface area contributed by atoms with E-state index in [4.69, 9.17) is 15.0 Å². The van der Waals surface area contributed by atoms with Crippen molar-refractivity contribution in [3.8, 4) is 45.3 Å². The molecule has 0 N–H and O–H groups in total. The number of aryl methyl sites for hydroxylation is 1. The smallest absolute Gasteiger partial charge is 0.164 e. The van der Waals surface area contributed by atoms with Crippen LogP contribution < -0.4 is 0 Å². The van der Waals surface area contributed by atoms with Crippen LogP contribution >= 0.6 is 22.7 Å². The first kappa shape index (κ1) is 33.1. The summed E-state index contributed by atoms with van der Waals surface area (Å²) in [6.45, 7) is 3.91. The Morgan fingerprint density at radius 1 is 0.589 bits per heavy atom. The Labute approximate surface area is 333 Å². The van der Waals surface area contributed by atoms with Crippen LogP contribution in [0.1, 0.15) is 40.3 Å². The Kier molecular flexibility index (Phi) is 7.97. The number of hydrogen-bond acceptors (Lipinski definition) is 5. The van der Waals surface area contributed by atoms with Crippen LogP contribution in [0.5, 0.6) is 0 Å². The topological polar surface area (TPSA) is 38.7 Å². The minimum absolute atomic E-state index is 0.360. The van der Waals surface area contributed by atoms with Crippen molar-refractivity contribution in [3.63, 3.8) is 0 Å². The molecule has 0 fully saturated rings. The minimum Gasteiger partial charge on any atom is -0.208 e. The second-order valence-electron chi connectivity index (χ2n) is 14.6. The largest absolute Gasteiger partial charge is 0.208 e. The molecule has 2 aliphatic carbocycles. The van der Waals surface area contributed by atoms with Gasteiger partial charge in [-0.15, -0.1) is 29.3 Å². The minimum atomic E-state index is 0.360. The van der Waals surface area contributed by atoms with Crippen LogP contribution in [0.15, 0.2) is 164 Å². The number of nitrogens with zero attached hydrogens (tertiary/aromatic N) is 3. The highest BCUT2D eigenvalue weighted by atomic mass is 32.1.